The average molecular weight is 274 g/mol. The highest BCUT2D eigenvalue weighted by atomic mass is 32.2. The Kier molecular flexibility index (Phi) is 5.30. The Balaban J connectivity index is 2.26. The van der Waals surface area contributed by atoms with Crippen molar-refractivity contribution >= 4 is 10.0 Å². The normalized spacial score (nSPS) is 12.0. The second-order valence-electron chi connectivity index (χ2n) is 4.47. The second kappa shape index (κ2) is 6.31. The van der Waals surface area contributed by atoms with Crippen molar-refractivity contribution < 1.29 is 8.42 Å². The number of nitrogens with zero attached hydrogens (tertiary/aromatic N) is 2. The summed E-state index contributed by atoms with van der Waals surface area (Å²) in [5.41, 5.74) is 3.42. The maximum absolute atomic E-state index is 10.8. The molecule has 0 unspecified atom stereocenters. The maximum atomic E-state index is 10.8. The summed E-state index contributed by atoms with van der Waals surface area (Å²) in [5, 5.41) is 7.64. The van der Waals surface area contributed by atoms with Gasteiger partial charge in [0.15, 0.2) is 0 Å². The molecular formula is C11H22N4O2S. The maximum Gasteiger partial charge on any atom is 0.208 e. The number of aryl methyl sites for hydroxylation is 2. The molecular weight excluding hydrogens is 252 g/mol. The molecule has 2 N–H and O–H groups in total. The molecule has 1 rings (SSSR count). The number of sulfonamides is 1. The SMILES string of the molecule is Cc1nn(C)c(C)c1CNCCCNS(C)(=O)=O. The summed E-state index contributed by atoms with van der Waals surface area (Å²) >= 11 is 0. The van der Waals surface area contributed by atoms with E-state index in [9.17, 15) is 8.42 Å². The van der Waals surface area contributed by atoms with Gasteiger partial charge in [0.1, 0.15) is 0 Å². The summed E-state index contributed by atoms with van der Waals surface area (Å²) in [6.45, 7) is 6.05. The molecule has 0 saturated carbocycles. The topological polar surface area (TPSA) is 76.0 Å². The van der Waals surface area contributed by atoms with Crippen LogP contribution in [0.25, 0.3) is 0 Å². The van der Waals surface area contributed by atoms with E-state index in [-0.39, 0.29) is 0 Å². The van der Waals surface area contributed by atoms with Gasteiger partial charge in [-0.1, -0.05) is 0 Å². The molecule has 0 aromatic carbocycles. The van der Waals surface area contributed by atoms with Crippen LogP contribution in [-0.4, -0.2) is 37.5 Å². The van der Waals surface area contributed by atoms with E-state index in [1.165, 1.54) is 11.8 Å². The Bertz CT molecular complexity index is 493. The number of aromatic nitrogens is 2. The van der Waals surface area contributed by atoms with Gasteiger partial charge in [-0.2, -0.15) is 5.10 Å². The highest BCUT2D eigenvalue weighted by Gasteiger charge is 2.08. The molecule has 1 aromatic rings. The first-order valence-corrected chi connectivity index (χ1v) is 7.85. The van der Waals surface area contributed by atoms with E-state index in [4.69, 9.17) is 0 Å². The smallest absolute Gasteiger partial charge is 0.208 e. The van der Waals surface area contributed by atoms with Crippen molar-refractivity contribution in [3.8, 4) is 0 Å². The number of hydrogen-bond donors (Lipinski definition) is 2. The second-order valence-corrected chi connectivity index (χ2v) is 6.30. The van der Waals surface area contributed by atoms with Gasteiger partial charge in [-0.3, -0.25) is 4.68 Å². The molecule has 104 valence electrons. The minimum Gasteiger partial charge on any atom is -0.312 e. The van der Waals surface area contributed by atoms with Crippen LogP contribution in [0.2, 0.25) is 0 Å². The fraction of sp³-hybridized carbons (Fsp3) is 0.727. The van der Waals surface area contributed by atoms with Crippen molar-refractivity contribution in [2.45, 2.75) is 26.8 Å². The van der Waals surface area contributed by atoms with Crippen molar-refractivity contribution in [2.24, 2.45) is 7.05 Å². The lowest BCUT2D eigenvalue weighted by Crippen LogP contribution is -2.26. The lowest BCUT2D eigenvalue weighted by atomic mass is 10.2. The third kappa shape index (κ3) is 4.75. The molecule has 0 fully saturated rings. The zero-order valence-electron chi connectivity index (χ0n) is 11.4. The largest absolute Gasteiger partial charge is 0.312 e. The van der Waals surface area contributed by atoms with Gasteiger partial charge in [0.05, 0.1) is 11.9 Å². The summed E-state index contributed by atoms with van der Waals surface area (Å²) in [7, 11) is -1.13. The molecule has 0 aliphatic heterocycles. The summed E-state index contributed by atoms with van der Waals surface area (Å²) in [6, 6.07) is 0. The van der Waals surface area contributed by atoms with Crippen LogP contribution in [0.5, 0.6) is 0 Å². The molecule has 0 amide bonds. The van der Waals surface area contributed by atoms with Crippen molar-refractivity contribution in [3.05, 3.63) is 17.0 Å². The summed E-state index contributed by atoms with van der Waals surface area (Å²) < 4.78 is 26.0. The first kappa shape index (κ1) is 15.1. The van der Waals surface area contributed by atoms with Crippen LogP contribution in [0.1, 0.15) is 23.4 Å². The Labute approximate surface area is 109 Å². The van der Waals surface area contributed by atoms with E-state index in [1.807, 2.05) is 25.6 Å². The molecule has 0 saturated heterocycles. The van der Waals surface area contributed by atoms with Gasteiger partial charge in [0.25, 0.3) is 0 Å². The highest BCUT2D eigenvalue weighted by Crippen LogP contribution is 2.10. The molecule has 6 nitrogen and oxygen atoms in total. The van der Waals surface area contributed by atoms with Crippen LogP contribution < -0.4 is 10.0 Å². The van der Waals surface area contributed by atoms with Crippen molar-refractivity contribution in [1.82, 2.24) is 19.8 Å². The first-order chi connectivity index (χ1) is 8.31. The average Bonchev–Trinajstić information content (AvgIpc) is 2.47. The Hall–Kier alpha value is -0.920. The van der Waals surface area contributed by atoms with Gasteiger partial charge >= 0.3 is 0 Å². The number of hydrogen-bond acceptors (Lipinski definition) is 4. The van der Waals surface area contributed by atoms with E-state index >= 15 is 0 Å². The lowest BCUT2D eigenvalue weighted by Gasteiger charge is -2.06. The third-order valence-corrected chi connectivity index (χ3v) is 3.58. The molecule has 0 radical (unpaired) electrons. The van der Waals surface area contributed by atoms with Crippen molar-refractivity contribution in [3.63, 3.8) is 0 Å². The number of rotatable bonds is 7. The van der Waals surface area contributed by atoms with Crippen LogP contribution in [0.15, 0.2) is 0 Å². The van der Waals surface area contributed by atoms with Crippen molar-refractivity contribution in [2.75, 3.05) is 19.3 Å². The van der Waals surface area contributed by atoms with Crippen LogP contribution in [0, 0.1) is 13.8 Å². The van der Waals surface area contributed by atoms with Crippen LogP contribution in [0.4, 0.5) is 0 Å². The monoisotopic (exact) mass is 274 g/mol. The third-order valence-electron chi connectivity index (χ3n) is 2.86. The highest BCUT2D eigenvalue weighted by molar-refractivity contribution is 7.88. The van der Waals surface area contributed by atoms with E-state index < -0.39 is 10.0 Å². The van der Waals surface area contributed by atoms with Gasteiger partial charge in [-0.25, -0.2) is 13.1 Å². The fourth-order valence-electron chi connectivity index (χ4n) is 1.76. The Morgan fingerprint density at radius 2 is 1.94 bits per heavy atom. The van der Waals surface area contributed by atoms with Gasteiger partial charge in [-0.15, -0.1) is 0 Å². The standard InChI is InChI=1S/C11H22N4O2S/c1-9-11(10(2)15(3)14-9)8-12-6-5-7-13-18(4,16)17/h12-13H,5-8H2,1-4H3. The predicted molar refractivity (Wildman–Crippen MR) is 71.9 cm³/mol. The quantitative estimate of drug-likeness (QED) is 0.690. The summed E-state index contributed by atoms with van der Waals surface area (Å²) in [4.78, 5) is 0. The summed E-state index contributed by atoms with van der Waals surface area (Å²) in [5.74, 6) is 0. The van der Waals surface area contributed by atoms with Gasteiger partial charge in [0.2, 0.25) is 10.0 Å². The number of nitrogens with one attached hydrogen (secondary N) is 2. The van der Waals surface area contributed by atoms with Crippen molar-refractivity contribution in [1.29, 1.82) is 0 Å². The first-order valence-electron chi connectivity index (χ1n) is 5.95. The molecule has 0 spiro atoms. The molecule has 18 heavy (non-hydrogen) atoms. The van der Waals surface area contributed by atoms with E-state index in [0.29, 0.717) is 6.54 Å². The minimum absolute atomic E-state index is 0.469. The van der Waals surface area contributed by atoms with Gasteiger partial charge < -0.3 is 5.32 Å². The molecule has 0 atom stereocenters. The predicted octanol–water partition coefficient (Wildman–Crippen LogP) is 0.0658. The van der Waals surface area contributed by atoms with E-state index in [1.54, 1.807) is 0 Å². The Morgan fingerprint density at radius 1 is 1.28 bits per heavy atom. The molecule has 0 aliphatic rings. The van der Waals surface area contributed by atoms with Gasteiger partial charge in [-0.05, 0) is 26.8 Å². The zero-order chi connectivity index (χ0) is 13.8. The molecule has 0 aliphatic carbocycles. The lowest BCUT2D eigenvalue weighted by molar-refractivity contribution is 0.579. The van der Waals surface area contributed by atoms with E-state index in [0.717, 1.165) is 30.9 Å². The van der Waals surface area contributed by atoms with Crippen LogP contribution >= 0.6 is 0 Å². The van der Waals surface area contributed by atoms with Gasteiger partial charge in [0, 0.05) is 31.4 Å². The molecule has 7 heteroatoms. The minimum atomic E-state index is -3.06. The Morgan fingerprint density at radius 3 is 2.44 bits per heavy atom. The van der Waals surface area contributed by atoms with Crippen LogP contribution in [0.3, 0.4) is 0 Å². The van der Waals surface area contributed by atoms with Crippen LogP contribution in [-0.2, 0) is 23.6 Å². The molecule has 1 heterocycles. The fourth-order valence-corrected chi connectivity index (χ4v) is 2.27. The molecule has 0 bridgehead atoms. The van der Waals surface area contributed by atoms with E-state index in [2.05, 4.69) is 15.1 Å². The molecule has 1 aromatic heterocycles. The zero-order valence-corrected chi connectivity index (χ0v) is 12.3. The summed E-state index contributed by atoms with van der Waals surface area (Å²) in [6.07, 6.45) is 1.94.